The first-order valence-electron chi connectivity index (χ1n) is 11.9. The highest BCUT2D eigenvalue weighted by molar-refractivity contribution is 7.92. The first-order chi connectivity index (χ1) is 17.7. The number of amides is 1. The van der Waals surface area contributed by atoms with Crippen LogP contribution >= 0.6 is 11.6 Å². The third-order valence-corrected chi connectivity index (χ3v) is 8.80. The Morgan fingerprint density at radius 3 is 2.59 bits per heavy atom. The summed E-state index contributed by atoms with van der Waals surface area (Å²) in [7, 11) is -0.820. The number of carbonyl (C=O) groups excluding carboxylic acids is 1. The van der Waals surface area contributed by atoms with Crippen LogP contribution in [-0.4, -0.2) is 40.2 Å². The van der Waals surface area contributed by atoms with Gasteiger partial charge in [-0.3, -0.25) is 14.4 Å². The van der Waals surface area contributed by atoms with Crippen LogP contribution in [0.5, 0.6) is 0 Å². The van der Waals surface area contributed by atoms with Crippen molar-refractivity contribution >= 4 is 38.9 Å². The first-order valence-corrected chi connectivity index (χ1v) is 13.8. The van der Waals surface area contributed by atoms with Gasteiger partial charge in [-0.2, -0.15) is 0 Å². The normalized spacial score (nSPS) is 20.5. The number of benzene rings is 3. The van der Waals surface area contributed by atoms with Crippen molar-refractivity contribution in [3.8, 4) is 0 Å². The number of hydrogen-bond acceptors (Lipinski definition) is 6. The highest BCUT2D eigenvalue weighted by Gasteiger charge is 2.42. The molecule has 10 heteroatoms. The molecule has 2 N–H and O–H groups in total. The van der Waals surface area contributed by atoms with Crippen LogP contribution < -0.4 is 10.0 Å². The molecule has 0 aliphatic carbocycles. The monoisotopic (exact) mass is 541 g/mol. The number of fused-ring (bicyclic) bond motifs is 3. The number of aryl methyl sites for hydroxylation is 1. The Balaban J connectivity index is 1.41. The number of anilines is 2. The minimum Gasteiger partial charge on any atom is -0.378 e. The molecule has 37 heavy (non-hydrogen) atoms. The van der Waals surface area contributed by atoms with Crippen LogP contribution in [0.15, 0.2) is 65.6 Å². The van der Waals surface area contributed by atoms with Crippen LogP contribution in [-0.2, 0) is 19.6 Å². The average molecular weight is 542 g/mol. The van der Waals surface area contributed by atoms with Crippen molar-refractivity contribution in [2.75, 3.05) is 30.8 Å². The summed E-state index contributed by atoms with van der Waals surface area (Å²) < 4.78 is 35.1. The molecule has 2 aliphatic rings. The second-order valence-corrected chi connectivity index (χ2v) is 11.4. The van der Waals surface area contributed by atoms with Gasteiger partial charge in [-0.15, -0.1) is 0 Å². The predicted octanol–water partition coefficient (Wildman–Crippen LogP) is 5.33. The second kappa shape index (κ2) is 9.98. The maximum Gasteiger partial charge on any atom is 0.277 e. The number of hydrogen-bond donors (Lipinski definition) is 2. The molecule has 1 amide bonds. The Morgan fingerprint density at radius 1 is 1.14 bits per heavy atom. The summed E-state index contributed by atoms with van der Waals surface area (Å²) in [6.45, 7) is 2.44. The van der Waals surface area contributed by atoms with Gasteiger partial charge in [-0.25, -0.2) is 13.5 Å². The molecule has 0 spiro atoms. The summed E-state index contributed by atoms with van der Waals surface area (Å²) >= 11 is 6.17. The molecule has 1 saturated heterocycles. The van der Waals surface area contributed by atoms with Crippen molar-refractivity contribution in [2.45, 2.75) is 30.4 Å². The Labute approximate surface area is 221 Å². The standard InChI is InChI=1S/C27H28ClN3O5S/c1-16-4-9-19(14-23(16)28)30-37(33,34)20-10-11-24-22(15-20)26-21(12-13-36-26)25(29-24)17-5-7-18(8-6-17)27(32)31(2)35-3/h4-11,14-15,21,25-26,29-30H,12-13H2,1-3H3/t21-,25?,26-/m0/s1. The zero-order valence-electron chi connectivity index (χ0n) is 20.7. The Bertz CT molecular complexity index is 1440. The van der Waals surface area contributed by atoms with Crippen LogP contribution in [0.3, 0.4) is 0 Å². The molecule has 0 saturated carbocycles. The van der Waals surface area contributed by atoms with Gasteiger partial charge < -0.3 is 10.1 Å². The van der Waals surface area contributed by atoms with Crippen LogP contribution in [0.2, 0.25) is 5.02 Å². The Kier molecular flexibility index (Phi) is 6.89. The van der Waals surface area contributed by atoms with Gasteiger partial charge in [0, 0.05) is 41.4 Å². The van der Waals surface area contributed by atoms with E-state index in [4.69, 9.17) is 21.2 Å². The molecular weight excluding hydrogens is 514 g/mol. The lowest BCUT2D eigenvalue weighted by Crippen LogP contribution is -2.30. The third-order valence-electron chi connectivity index (χ3n) is 7.02. The summed E-state index contributed by atoms with van der Waals surface area (Å²) in [6.07, 6.45) is 0.581. The summed E-state index contributed by atoms with van der Waals surface area (Å²) in [5.74, 6) is -0.120. The maximum absolute atomic E-state index is 13.2. The van der Waals surface area contributed by atoms with Crippen LogP contribution in [0.1, 0.15) is 45.6 Å². The molecule has 1 fully saturated rings. The maximum atomic E-state index is 13.2. The number of hydroxylamine groups is 2. The van der Waals surface area contributed by atoms with Gasteiger partial charge in [0.2, 0.25) is 0 Å². The Morgan fingerprint density at radius 2 is 1.89 bits per heavy atom. The van der Waals surface area contributed by atoms with Gasteiger partial charge in [0.1, 0.15) is 0 Å². The third kappa shape index (κ3) is 4.92. The number of nitrogens with one attached hydrogen (secondary N) is 2. The average Bonchev–Trinajstić information content (AvgIpc) is 3.39. The van der Waals surface area contributed by atoms with Crippen molar-refractivity contribution in [2.24, 2.45) is 5.92 Å². The van der Waals surface area contributed by atoms with E-state index in [1.165, 1.54) is 12.2 Å². The van der Waals surface area contributed by atoms with Gasteiger partial charge in [0.25, 0.3) is 15.9 Å². The van der Waals surface area contributed by atoms with E-state index in [2.05, 4.69) is 10.0 Å². The summed E-state index contributed by atoms with van der Waals surface area (Å²) in [5.41, 5.74) is 4.46. The van der Waals surface area contributed by atoms with Crippen molar-refractivity contribution in [3.05, 3.63) is 87.9 Å². The summed E-state index contributed by atoms with van der Waals surface area (Å²) in [4.78, 5) is 17.5. The number of carbonyl (C=O) groups is 1. The number of halogens is 1. The van der Waals surface area contributed by atoms with E-state index in [1.54, 1.807) is 55.6 Å². The van der Waals surface area contributed by atoms with Gasteiger partial charge in [0.15, 0.2) is 0 Å². The Hall–Kier alpha value is -3.11. The summed E-state index contributed by atoms with van der Waals surface area (Å²) in [5, 5.41) is 5.25. The largest absolute Gasteiger partial charge is 0.378 e. The molecular formula is C27H28ClN3O5S. The lowest BCUT2D eigenvalue weighted by molar-refractivity contribution is -0.0757. The number of sulfonamides is 1. The van der Waals surface area contributed by atoms with E-state index in [1.807, 2.05) is 19.1 Å². The fourth-order valence-corrected chi connectivity index (χ4v) is 6.18. The lowest BCUT2D eigenvalue weighted by Gasteiger charge is -2.36. The quantitative estimate of drug-likeness (QED) is 0.410. The van der Waals surface area contributed by atoms with Gasteiger partial charge in [0.05, 0.1) is 29.8 Å². The van der Waals surface area contributed by atoms with Crippen molar-refractivity contribution in [3.63, 3.8) is 0 Å². The minimum atomic E-state index is -3.83. The smallest absolute Gasteiger partial charge is 0.277 e. The summed E-state index contributed by atoms with van der Waals surface area (Å²) in [6, 6.07) is 17.5. The SMILES string of the molecule is CON(C)C(=O)c1ccc(C2Nc3ccc(S(=O)(=O)Nc4ccc(C)c(Cl)c4)cc3[C@H]3OCC[C@@H]23)cc1. The molecule has 3 aromatic rings. The molecule has 1 unspecified atom stereocenters. The van der Waals surface area contributed by atoms with Gasteiger partial charge in [-0.1, -0.05) is 29.8 Å². The fourth-order valence-electron chi connectivity index (χ4n) is 4.92. The van der Waals surface area contributed by atoms with E-state index in [0.717, 1.165) is 28.8 Å². The second-order valence-electron chi connectivity index (χ2n) is 9.29. The van der Waals surface area contributed by atoms with E-state index in [9.17, 15) is 13.2 Å². The van der Waals surface area contributed by atoms with E-state index in [0.29, 0.717) is 22.9 Å². The molecule has 0 aromatic heterocycles. The van der Waals surface area contributed by atoms with Gasteiger partial charge >= 0.3 is 0 Å². The zero-order valence-corrected chi connectivity index (χ0v) is 22.3. The van der Waals surface area contributed by atoms with Crippen molar-refractivity contribution in [1.29, 1.82) is 0 Å². The molecule has 3 atom stereocenters. The molecule has 0 bridgehead atoms. The zero-order chi connectivity index (χ0) is 26.3. The molecule has 194 valence electrons. The van der Waals surface area contributed by atoms with Crippen molar-refractivity contribution < 1.29 is 22.8 Å². The van der Waals surface area contributed by atoms with Crippen molar-refractivity contribution in [1.82, 2.24) is 5.06 Å². The lowest BCUT2D eigenvalue weighted by atomic mass is 9.81. The fraction of sp³-hybridized carbons (Fsp3) is 0.296. The van der Waals surface area contributed by atoms with E-state index in [-0.39, 0.29) is 28.9 Å². The topological polar surface area (TPSA) is 97.0 Å². The molecule has 0 radical (unpaired) electrons. The van der Waals surface area contributed by atoms with Crippen LogP contribution in [0.25, 0.3) is 0 Å². The number of ether oxygens (including phenoxy) is 1. The number of rotatable bonds is 6. The minimum absolute atomic E-state index is 0.0420. The molecule has 8 nitrogen and oxygen atoms in total. The first kappa shape index (κ1) is 25.5. The van der Waals surface area contributed by atoms with Crippen LogP contribution in [0, 0.1) is 12.8 Å². The number of nitrogens with zero attached hydrogens (tertiary/aromatic N) is 1. The molecule has 2 heterocycles. The highest BCUT2D eigenvalue weighted by Crippen LogP contribution is 2.50. The van der Waals surface area contributed by atoms with E-state index >= 15 is 0 Å². The molecule has 3 aromatic carbocycles. The van der Waals surface area contributed by atoms with Gasteiger partial charge in [-0.05, 0) is 66.9 Å². The van der Waals surface area contributed by atoms with E-state index < -0.39 is 10.0 Å². The predicted molar refractivity (Wildman–Crippen MR) is 142 cm³/mol. The molecule has 5 rings (SSSR count). The molecule has 2 aliphatic heterocycles. The van der Waals surface area contributed by atoms with Crippen LogP contribution in [0.4, 0.5) is 11.4 Å². The highest BCUT2D eigenvalue weighted by atomic mass is 35.5.